The maximum absolute atomic E-state index is 11.3. The van der Waals surface area contributed by atoms with Crippen molar-refractivity contribution in [1.29, 1.82) is 0 Å². The highest BCUT2D eigenvalue weighted by molar-refractivity contribution is 6.41. The molecule has 0 saturated carbocycles. The van der Waals surface area contributed by atoms with E-state index in [-0.39, 0.29) is 12.5 Å². The van der Waals surface area contributed by atoms with Crippen molar-refractivity contribution in [3.05, 3.63) is 18.5 Å². The zero-order valence-corrected chi connectivity index (χ0v) is 8.01. The molecule has 1 aromatic rings. The highest BCUT2D eigenvalue weighted by Crippen LogP contribution is 2.01. The highest BCUT2D eigenvalue weighted by Gasteiger charge is 2.30. The second-order valence-electron chi connectivity index (χ2n) is 2.95. The van der Waals surface area contributed by atoms with Gasteiger partial charge in [0.2, 0.25) is 11.7 Å². The molecule has 1 saturated heterocycles. The summed E-state index contributed by atoms with van der Waals surface area (Å²) in [4.78, 5) is 40.8. The fourth-order valence-electron chi connectivity index (χ4n) is 1.09. The third-order valence-corrected chi connectivity index (χ3v) is 1.82. The van der Waals surface area contributed by atoms with Crippen molar-refractivity contribution in [2.45, 2.75) is 0 Å². The first-order valence-corrected chi connectivity index (χ1v) is 4.36. The Morgan fingerprint density at radius 3 is 2.62 bits per heavy atom. The fraction of sp³-hybridized carbons (Fsp3) is 0.125. The average Bonchev–Trinajstić information content (AvgIpc) is 2.27. The minimum Gasteiger partial charge on any atom is -0.287 e. The van der Waals surface area contributed by atoms with Crippen molar-refractivity contribution >= 4 is 23.7 Å². The Bertz CT molecular complexity index is 446. The molecule has 2 N–H and O–H groups in total. The molecule has 2 heterocycles. The van der Waals surface area contributed by atoms with Gasteiger partial charge in [-0.2, -0.15) is 0 Å². The Morgan fingerprint density at radius 1 is 1.25 bits per heavy atom. The Kier molecular flexibility index (Phi) is 2.46. The minimum atomic E-state index is -0.906. The lowest BCUT2D eigenvalue weighted by Crippen LogP contribution is -2.56. The van der Waals surface area contributed by atoms with E-state index in [0.717, 1.165) is 5.01 Å². The summed E-state index contributed by atoms with van der Waals surface area (Å²) in [6.45, 7) is -0.344. The number of carbonyl (C=O) groups is 3. The minimum absolute atomic E-state index is 0.166. The van der Waals surface area contributed by atoms with Gasteiger partial charge in [-0.1, -0.05) is 0 Å². The van der Waals surface area contributed by atoms with E-state index in [1.54, 1.807) is 6.07 Å². The van der Waals surface area contributed by atoms with Gasteiger partial charge in [0, 0.05) is 12.4 Å². The number of Topliss-reactive ketones (excluding diaryl/α,β-unsaturated/α-hetero) is 1. The van der Waals surface area contributed by atoms with Gasteiger partial charge in [-0.25, -0.2) is 19.8 Å². The summed E-state index contributed by atoms with van der Waals surface area (Å²) in [6.07, 6.45) is 2.95. The lowest BCUT2D eigenvalue weighted by molar-refractivity contribution is -0.138. The quantitative estimate of drug-likeness (QED) is 0.616. The molecular weight excluding hydrogens is 214 g/mol. The molecule has 8 heteroatoms. The average molecular weight is 221 g/mol. The smallest absolute Gasteiger partial charge is 0.287 e. The summed E-state index contributed by atoms with van der Waals surface area (Å²) in [5.41, 5.74) is 2.51. The van der Waals surface area contributed by atoms with E-state index in [0.29, 0.717) is 0 Å². The first-order chi connectivity index (χ1) is 7.66. The number of rotatable bonds is 2. The second-order valence-corrected chi connectivity index (χ2v) is 2.95. The van der Waals surface area contributed by atoms with Crippen LogP contribution in [0.5, 0.6) is 0 Å². The number of nitrogens with one attached hydrogen (secondary N) is 2. The van der Waals surface area contributed by atoms with Crippen molar-refractivity contribution in [2.75, 3.05) is 12.0 Å². The van der Waals surface area contributed by atoms with E-state index in [1.165, 1.54) is 12.4 Å². The molecule has 1 aromatic heterocycles. The number of ketones is 1. The second kappa shape index (κ2) is 3.93. The SMILES string of the molecule is O=C1CN(Nc2ncccn2)C(=O)NC1=O. The Balaban J connectivity index is 2.08. The van der Waals surface area contributed by atoms with Gasteiger partial charge in [-0.3, -0.25) is 20.3 Å². The van der Waals surface area contributed by atoms with Crippen molar-refractivity contribution in [3.8, 4) is 0 Å². The van der Waals surface area contributed by atoms with E-state index < -0.39 is 17.7 Å². The largest absolute Gasteiger partial charge is 0.343 e. The lowest BCUT2D eigenvalue weighted by atomic mass is 10.3. The third kappa shape index (κ3) is 1.95. The molecule has 0 spiro atoms. The molecule has 3 amide bonds. The zero-order chi connectivity index (χ0) is 11.5. The predicted octanol–water partition coefficient (Wildman–Crippen LogP) is -1.08. The number of aromatic nitrogens is 2. The summed E-state index contributed by atoms with van der Waals surface area (Å²) in [6, 6.07) is 0.896. The van der Waals surface area contributed by atoms with Crippen molar-refractivity contribution in [1.82, 2.24) is 20.3 Å². The number of hydrogen-bond donors (Lipinski definition) is 2. The van der Waals surface area contributed by atoms with E-state index >= 15 is 0 Å². The van der Waals surface area contributed by atoms with Crippen LogP contribution in [-0.4, -0.2) is 39.2 Å². The molecule has 16 heavy (non-hydrogen) atoms. The molecule has 0 aliphatic carbocycles. The highest BCUT2D eigenvalue weighted by atomic mass is 16.2. The molecule has 1 aliphatic heterocycles. The van der Waals surface area contributed by atoms with Gasteiger partial charge in [0.05, 0.1) is 0 Å². The van der Waals surface area contributed by atoms with Crippen LogP contribution >= 0.6 is 0 Å². The monoisotopic (exact) mass is 221 g/mol. The molecule has 0 bridgehead atoms. The van der Waals surface area contributed by atoms with Crippen LogP contribution in [0.1, 0.15) is 0 Å². The molecule has 82 valence electrons. The number of hydrogen-bond acceptors (Lipinski definition) is 6. The molecule has 8 nitrogen and oxygen atoms in total. The van der Waals surface area contributed by atoms with E-state index in [4.69, 9.17) is 0 Å². The number of imide groups is 1. The van der Waals surface area contributed by atoms with E-state index in [9.17, 15) is 14.4 Å². The van der Waals surface area contributed by atoms with Crippen LogP contribution in [0.4, 0.5) is 10.7 Å². The van der Waals surface area contributed by atoms with Crippen LogP contribution in [0.25, 0.3) is 0 Å². The molecule has 2 rings (SSSR count). The summed E-state index contributed by atoms with van der Waals surface area (Å²) < 4.78 is 0. The first-order valence-electron chi connectivity index (χ1n) is 4.36. The standard InChI is InChI=1S/C8H7N5O3/c14-5-4-13(8(16)11-6(5)15)12-7-9-2-1-3-10-7/h1-3H,4H2,(H,9,10,12)(H,11,15,16). The fourth-order valence-corrected chi connectivity index (χ4v) is 1.09. The first kappa shape index (κ1) is 10.0. The zero-order valence-electron chi connectivity index (χ0n) is 8.01. The maximum Gasteiger partial charge on any atom is 0.343 e. The van der Waals surface area contributed by atoms with Crippen molar-refractivity contribution in [3.63, 3.8) is 0 Å². The van der Waals surface area contributed by atoms with Crippen LogP contribution < -0.4 is 10.7 Å². The van der Waals surface area contributed by atoms with Crippen LogP contribution in [0, 0.1) is 0 Å². The Labute approximate surface area is 89.6 Å². The number of amides is 3. The molecule has 0 atom stereocenters. The van der Waals surface area contributed by atoms with Gasteiger partial charge < -0.3 is 0 Å². The summed E-state index contributed by atoms with van der Waals surface area (Å²) in [5.74, 6) is -1.44. The van der Waals surface area contributed by atoms with Crippen LogP contribution in [0.15, 0.2) is 18.5 Å². The van der Waals surface area contributed by atoms with Gasteiger partial charge >= 0.3 is 6.03 Å². The van der Waals surface area contributed by atoms with Gasteiger partial charge in [0.25, 0.3) is 5.91 Å². The molecular formula is C8H7N5O3. The van der Waals surface area contributed by atoms with Crippen molar-refractivity contribution in [2.24, 2.45) is 0 Å². The van der Waals surface area contributed by atoms with Gasteiger partial charge in [0.1, 0.15) is 6.54 Å². The summed E-state index contributed by atoms with van der Waals surface area (Å²) in [7, 11) is 0. The van der Waals surface area contributed by atoms with E-state index in [2.05, 4.69) is 15.4 Å². The molecule has 0 unspecified atom stereocenters. The Morgan fingerprint density at radius 2 is 1.94 bits per heavy atom. The summed E-state index contributed by atoms with van der Waals surface area (Å²) >= 11 is 0. The Hall–Kier alpha value is -2.51. The van der Waals surface area contributed by atoms with Gasteiger partial charge in [-0.05, 0) is 6.07 Å². The maximum atomic E-state index is 11.3. The third-order valence-electron chi connectivity index (χ3n) is 1.82. The number of carbonyl (C=O) groups excluding carboxylic acids is 3. The van der Waals surface area contributed by atoms with Crippen LogP contribution in [0.2, 0.25) is 0 Å². The number of nitrogens with zero attached hydrogens (tertiary/aromatic N) is 3. The molecule has 1 aliphatic rings. The van der Waals surface area contributed by atoms with E-state index in [1.807, 2.05) is 5.32 Å². The number of urea groups is 1. The molecule has 0 radical (unpaired) electrons. The van der Waals surface area contributed by atoms with Crippen LogP contribution in [0.3, 0.4) is 0 Å². The topological polar surface area (TPSA) is 104 Å². The number of hydrazine groups is 1. The molecule has 1 fully saturated rings. The van der Waals surface area contributed by atoms with Crippen molar-refractivity contribution < 1.29 is 14.4 Å². The molecule has 0 aromatic carbocycles. The van der Waals surface area contributed by atoms with Crippen LogP contribution in [-0.2, 0) is 9.59 Å². The normalized spacial score (nSPS) is 16.0. The lowest BCUT2D eigenvalue weighted by Gasteiger charge is -2.25. The predicted molar refractivity (Wildman–Crippen MR) is 50.9 cm³/mol. The summed E-state index contributed by atoms with van der Waals surface area (Å²) in [5, 5.41) is 2.81. The van der Waals surface area contributed by atoms with Gasteiger partial charge in [0.15, 0.2) is 0 Å². The number of anilines is 1. The van der Waals surface area contributed by atoms with Gasteiger partial charge in [-0.15, -0.1) is 0 Å².